The molecule has 0 radical (unpaired) electrons. The summed E-state index contributed by atoms with van der Waals surface area (Å²) in [6.45, 7) is 0.691. The fourth-order valence-corrected chi connectivity index (χ4v) is 2.60. The first-order valence-electron chi connectivity index (χ1n) is 6.05. The molecule has 1 N–H and O–H groups in total. The largest absolute Gasteiger partial charge is 0.493 e. The molecular weight excluding hydrogens is 228 g/mol. The van der Waals surface area contributed by atoms with E-state index in [-0.39, 0.29) is 6.04 Å². The quantitative estimate of drug-likeness (QED) is 0.883. The first-order valence-corrected chi connectivity index (χ1v) is 6.05. The van der Waals surface area contributed by atoms with Crippen molar-refractivity contribution in [2.75, 3.05) is 13.7 Å². The molecule has 0 bridgehead atoms. The van der Waals surface area contributed by atoms with E-state index in [0.29, 0.717) is 12.5 Å². The molecule has 5 nitrogen and oxygen atoms in total. The standard InChI is InChI=1S/C13H16N4O/c1-14-13(11-7-15-16-17(11)2)10-8-18-12-6-4-3-5-9(10)12/h3-7,10,13-14H,8H2,1-2H3. The van der Waals surface area contributed by atoms with E-state index in [1.54, 1.807) is 0 Å². The smallest absolute Gasteiger partial charge is 0.122 e. The van der Waals surface area contributed by atoms with Gasteiger partial charge in [0.2, 0.25) is 0 Å². The first kappa shape index (κ1) is 11.2. The van der Waals surface area contributed by atoms with Crippen LogP contribution in [0.3, 0.4) is 0 Å². The van der Waals surface area contributed by atoms with Gasteiger partial charge in [-0.25, -0.2) is 0 Å². The molecule has 2 aromatic rings. The van der Waals surface area contributed by atoms with E-state index in [0.717, 1.165) is 11.4 Å². The number of hydrogen-bond donors (Lipinski definition) is 1. The van der Waals surface area contributed by atoms with E-state index in [4.69, 9.17) is 4.74 Å². The summed E-state index contributed by atoms with van der Waals surface area (Å²) < 4.78 is 7.55. The minimum Gasteiger partial charge on any atom is -0.493 e. The van der Waals surface area contributed by atoms with Crippen molar-refractivity contribution in [3.63, 3.8) is 0 Å². The molecule has 3 rings (SSSR count). The van der Waals surface area contributed by atoms with Crippen molar-refractivity contribution in [2.45, 2.75) is 12.0 Å². The Morgan fingerprint density at radius 2 is 2.28 bits per heavy atom. The van der Waals surface area contributed by atoms with Gasteiger partial charge in [-0.1, -0.05) is 23.4 Å². The molecule has 0 saturated heterocycles. The molecule has 1 aromatic carbocycles. The van der Waals surface area contributed by atoms with E-state index >= 15 is 0 Å². The monoisotopic (exact) mass is 244 g/mol. The molecule has 0 spiro atoms. The third kappa shape index (κ3) is 1.67. The number of nitrogens with one attached hydrogen (secondary N) is 1. The van der Waals surface area contributed by atoms with Crippen LogP contribution in [-0.4, -0.2) is 28.6 Å². The van der Waals surface area contributed by atoms with Crippen LogP contribution in [-0.2, 0) is 7.05 Å². The minimum absolute atomic E-state index is 0.161. The van der Waals surface area contributed by atoms with Gasteiger partial charge in [0, 0.05) is 18.5 Å². The van der Waals surface area contributed by atoms with Gasteiger partial charge in [-0.3, -0.25) is 4.68 Å². The molecule has 0 amide bonds. The first-order chi connectivity index (χ1) is 8.81. The van der Waals surface area contributed by atoms with E-state index in [9.17, 15) is 0 Å². The topological polar surface area (TPSA) is 52.0 Å². The van der Waals surface area contributed by atoms with Crippen molar-refractivity contribution in [2.24, 2.45) is 7.05 Å². The van der Waals surface area contributed by atoms with Gasteiger partial charge in [0.15, 0.2) is 0 Å². The lowest BCUT2D eigenvalue weighted by Gasteiger charge is -2.21. The number of likely N-dealkylation sites (N-methyl/N-ethyl adjacent to an activating group) is 1. The third-order valence-electron chi connectivity index (χ3n) is 3.52. The summed E-state index contributed by atoms with van der Waals surface area (Å²) in [5, 5.41) is 11.3. The number of para-hydroxylation sites is 1. The van der Waals surface area contributed by atoms with Crippen LogP contribution in [0.25, 0.3) is 0 Å². The highest BCUT2D eigenvalue weighted by atomic mass is 16.5. The molecule has 1 aliphatic rings. The summed E-state index contributed by atoms with van der Waals surface area (Å²) in [7, 11) is 3.87. The number of rotatable bonds is 3. The van der Waals surface area contributed by atoms with Crippen molar-refractivity contribution >= 4 is 0 Å². The van der Waals surface area contributed by atoms with E-state index in [1.807, 2.05) is 37.1 Å². The van der Waals surface area contributed by atoms with Crippen molar-refractivity contribution < 1.29 is 4.74 Å². The molecule has 5 heteroatoms. The van der Waals surface area contributed by atoms with Gasteiger partial charge in [-0.2, -0.15) is 0 Å². The lowest BCUT2D eigenvalue weighted by molar-refractivity contribution is 0.300. The maximum Gasteiger partial charge on any atom is 0.122 e. The number of nitrogens with zero attached hydrogens (tertiary/aromatic N) is 3. The number of benzene rings is 1. The summed E-state index contributed by atoms with van der Waals surface area (Å²) in [6, 6.07) is 8.36. The highest BCUT2D eigenvalue weighted by Gasteiger charge is 2.32. The second kappa shape index (κ2) is 4.42. The molecule has 1 aromatic heterocycles. The zero-order chi connectivity index (χ0) is 12.5. The second-order valence-electron chi connectivity index (χ2n) is 4.50. The van der Waals surface area contributed by atoms with Crippen LogP contribution in [0.5, 0.6) is 5.75 Å². The van der Waals surface area contributed by atoms with Gasteiger partial charge in [0.05, 0.1) is 24.5 Å². The number of hydrogen-bond acceptors (Lipinski definition) is 4. The molecule has 0 fully saturated rings. The maximum absolute atomic E-state index is 5.74. The van der Waals surface area contributed by atoms with Gasteiger partial charge in [0.1, 0.15) is 5.75 Å². The Balaban J connectivity index is 1.98. The average molecular weight is 244 g/mol. The summed E-state index contributed by atoms with van der Waals surface area (Å²) in [5.41, 5.74) is 2.32. The van der Waals surface area contributed by atoms with Gasteiger partial charge in [-0.05, 0) is 13.1 Å². The van der Waals surface area contributed by atoms with Crippen molar-refractivity contribution in [3.05, 3.63) is 41.7 Å². The SMILES string of the molecule is CNC(c1cnnn1C)C1COc2ccccc21. The van der Waals surface area contributed by atoms with Gasteiger partial charge in [-0.15, -0.1) is 5.10 Å². The Morgan fingerprint density at radius 3 is 3.00 bits per heavy atom. The van der Waals surface area contributed by atoms with Crippen LogP contribution < -0.4 is 10.1 Å². The minimum atomic E-state index is 0.161. The highest BCUT2D eigenvalue weighted by molar-refractivity contribution is 5.41. The van der Waals surface area contributed by atoms with E-state index < -0.39 is 0 Å². The predicted octanol–water partition coefficient (Wildman–Crippen LogP) is 1.25. The summed E-state index contributed by atoms with van der Waals surface area (Å²) in [5.74, 6) is 1.28. The average Bonchev–Trinajstić information content (AvgIpc) is 2.99. The molecule has 0 aliphatic carbocycles. The van der Waals surface area contributed by atoms with Gasteiger partial charge in [0.25, 0.3) is 0 Å². The Kier molecular flexibility index (Phi) is 2.76. The summed E-state index contributed by atoms with van der Waals surface area (Å²) in [6.07, 6.45) is 1.81. The van der Waals surface area contributed by atoms with Crippen LogP contribution >= 0.6 is 0 Å². The lowest BCUT2D eigenvalue weighted by atomic mass is 9.91. The van der Waals surface area contributed by atoms with Crippen molar-refractivity contribution in [1.82, 2.24) is 20.3 Å². The van der Waals surface area contributed by atoms with Crippen molar-refractivity contribution in [1.29, 1.82) is 0 Å². The molecule has 1 aliphatic heterocycles. The zero-order valence-electron chi connectivity index (χ0n) is 10.5. The zero-order valence-corrected chi connectivity index (χ0v) is 10.5. The number of ether oxygens (including phenoxy) is 1. The molecule has 0 saturated carbocycles. The lowest BCUT2D eigenvalue weighted by Crippen LogP contribution is -2.27. The van der Waals surface area contributed by atoms with E-state index in [2.05, 4.69) is 27.8 Å². The van der Waals surface area contributed by atoms with Crippen LogP contribution in [0.1, 0.15) is 23.2 Å². The molecule has 18 heavy (non-hydrogen) atoms. The highest BCUT2D eigenvalue weighted by Crippen LogP contribution is 2.40. The van der Waals surface area contributed by atoms with Gasteiger partial charge >= 0.3 is 0 Å². The molecule has 2 unspecified atom stereocenters. The normalized spacial score (nSPS) is 19.3. The second-order valence-corrected chi connectivity index (χ2v) is 4.50. The van der Waals surface area contributed by atoms with E-state index in [1.165, 1.54) is 5.56 Å². The van der Waals surface area contributed by atoms with Crippen molar-refractivity contribution in [3.8, 4) is 5.75 Å². The predicted molar refractivity (Wildman–Crippen MR) is 67.5 cm³/mol. The molecule has 2 heterocycles. The fourth-order valence-electron chi connectivity index (χ4n) is 2.60. The Labute approximate surface area is 106 Å². The number of aryl methyl sites for hydroxylation is 1. The maximum atomic E-state index is 5.74. The Morgan fingerprint density at radius 1 is 1.44 bits per heavy atom. The van der Waals surface area contributed by atoms with Crippen LogP contribution in [0.15, 0.2) is 30.5 Å². The number of aromatic nitrogens is 3. The summed E-state index contributed by atoms with van der Waals surface area (Å²) in [4.78, 5) is 0. The third-order valence-corrected chi connectivity index (χ3v) is 3.52. The van der Waals surface area contributed by atoms with Crippen LogP contribution in [0.4, 0.5) is 0 Å². The van der Waals surface area contributed by atoms with Gasteiger partial charge < -0.3 is 10.1 Å². The molecule has 94 valence electrons. The number of fused-ring (bicyclic) bond motifs is 1. The summed E-state index contributed by atoms with van der Waals surface area (Å²) >= 11 is 0. The van der Waals surface area contributed by atoms with Crippen LogP contribution in [0, 0.1) is 0 Å². The molecule has 2 atom stereocenters. The Hall–Kier alpha value is -1.88. The van der Waals surface area contributed by atoms with Crippen LogP contribution in [0.2, 0.25) is 0 Å². The molecular formula is C13H16N4O. The fraction of sp³-hybridized carbons (Fsp3) is 0.385. The Bertz CT molecular complexity index is 551.